The van der Waals surface area contributed by atoms with Gasteiger partial charge in [0.25, 0.3) is 0 Å². The maximum Gasteiger partial charge on any atom is 0.228 e. The molecular formula is C16H22N4O3. The molecule has 0 aromatic carbocycles. The van der Waals surface area contributed by atoms with Crippen molar-refractivity contribution < 1.29 is 14.3 Å². The molecule has 1 N–H and O–H groups in total. The molecule has 0 radical (unpaired) electrons. The monoisotopic (exact) mass is 318 g/mol. The number of nitrogens with zero attached hydrogens (tertiary/aromatic N) is 3. The largest absolute Gasteiger partial charge is 0.381 e. The van der Waals surface area contributed by atoms with E-state index in [9.17, 15) is 9.59 Å². The predicted octanol–water partition coefficient (Wildman–Crippen LogP) is 0.0203. The maximum atomic E-state index is 12.5. The van der Waals surface area contributed by atoms with Crippen molar-refractivity contribution in [2.75, 3.05) is 33.4 Å². The van der Waals surface area contributed by atoms with Crippen LogP contribution in [-0.2, 0) is 20.7 Å². The standard InChI is InChI=1S/C16H22N4O3/c1-17-15(22)16-4-5-23-9-13(16)8-20(10-16)14(21)3-2-12-6-18-11-19-7-12/h6-7,11,13H,2-5,8-10H2,1H3,(H,17,22)/t13-,16+/m1/s1. The lowest BCUT2D eigenvalue weighted by Crippen LogP contribution is -2.49. The molecule has 2 aliphatic heterocycles. The summed E-state index contributed by atoms with van der Waals surface area (Å²) in [7, 11) is 1.66. The smallest absolute Gasteiger partial charge is 0.228 e. The van der Waals surface area contributed by atoms with Gasteiger partial charge in [-0.2, -0.15) is 0 Å². The molecule has 1 aromatic heterocycles. The Balaban J connectivity index is 1.65. The third kappa shape index (κ3) is 3.06. The molecular weight excluding hydrogens is 296 g/mol. The fourth-order valence-corrected chi connectivity index (χ4v) is 3.63. The van der Waals surface area contributed by atoms with Crippen molar-refractivity contribution in [1.82, 2.24) is 20.2 Å². The van der Waals surface area contributed by atoms with Crippen LogP contribution in [-0.4, -0.2) is 60.0 Å². The lowest BCUT2D eigenvalue weighted by atomic mass is 9.73. The number of aromatic nitrogens is 2. The highest BCUT2D eigenvalue weighted by Crippen LogP contribution is 2.42. The van der Waals surface area contributed by atoms with Crippen molar-refractivity contribution in [3.63, 3.8) is 0 Å². The molecule has 1 aromatic rings. The highest BCUT2D eigenvalue weighted by Gasteiger charge is 2.54. The molecule has 0 bridgehead atoms. The molecule has 124 valence electrons. The van der Waals surface area contributed by atoms with Crippen LogP contribution in [0.1, 0.15) is 18.4 Å². The van der Waals surface area contributed by atoms with E-state index >= 15 is 0 Å². The Morgan fingerprint density at radius 1 is 1.43 bits per heavy atom. The van der Waals surface area contributed by atoms with Gasteiger partial charge in [-0.3, -0.25) is 9.59 Å². The van der Waals surface area contributed by atoms with E-state index in [4.69, 9.17) is 4.74 Å². The Kier molecular flexibility index (Phi) is 4.56. The Bertz CT molecular complexity index is 580. The topological polar surface area (TPSA) is 84.4 Å². The van der Waals surface area contributed by atoms with Crippen LogP contribution in [0.5, 0.6) is 0 Å². The number of hydrogen-bond donors (Lipinski definition) is 1. The first-order valence-electron chi connectivity index (χ1n) is 7.97. The van der Waals surface area contributed by atoms with Gasteiger partial charge in [-0.25, -0.2) is 9.97 Å². The van der Waals surface area contributed by atoms with Crippen LogP contribution < -0.4 is 5.32 Å². The summed E-state index contributed by atoms with van der Waals surface area (Å²) in [5.41, 5.74) is 0.459. The average Bonchev–Trinajstić information content (AvgIpc) is 3.00. The molecule has 3 heterocycles. The van der Waals surface area contributed by atoms with E-state index in [1.807, 2.05) is 4.90 Å². The summed E-state index contributed by atoms with van der Waals surface area (Å²) < 4.78 is 5.53. The normalized spacial score (nSPS) is 26.7. The van der Waals surface area contributed by atoms with Crippen molar-refractivity contribution in [2.45, 2.75) is 19.3 Å². The van der Waals surface area contributed by atoms with E-state index in [0.717, 1.165) is 5.56 Å². The van der Waals surface area contributed by atoms with E-state index in [1.54, 1.807) is 19.4 Å². The van der Waals surface area contributed by atoms with Crippen molar-refractivity contribution >= 4 is 11.8 Å². The summed E-state index contributed by atoms with van der Waals surface area (Å²) in [6, 6.07) is 0. The minimum absolute atomic E-state index is 0.0255. The van der Waals surface area contributed by atoms with E-state index in [1.165, 1.54) is 6.33 Å². The zero-order valence-electron chi connectivity index (χ0n) is 13.3. The SMILES string of the molecule is CNC(=O)[C@]12CCOC[C@H]1CN(C(=O)CCc1cncnc1)C2. The summed E-state index contributed by atoms with van der Waals surface area (Å²) in [6.45, 7) is 2.21. The molecule has 2 aliphatic rings. The van der Waals surface area contributed by atoms with Crippen LogP contribution in [0.4, 0.5) is 0 Å². The van der Waals surface area contributed by atoms with Crippen molar-refractivity contribution in [3.8, 4) is 0 Å². The zero-order valence-corrected chi connectivity index (χ0v) is 13.3. The number of nitrogens with one attached hydrogen (secondary N) is 1. The maximum absolute atomic E-state index is 12.5. The number of carbonyl (C=O) groups excluding carboxylic acids is 2. The molecule has 7 nitrogen and oxygen atoms in total. The van der Waals surface area contributed by atoms with E-state index in [0.29, 0.717) is 45.6 Å². The Labute approximate surface area is 135 Å². The van der Waals surface area contributed by atoms with Crippen molar-refractivity contribution in [2.24, 2.45) is 11.3 Å². The predicted molar refractivity (Wildman–Crippen MR) is 82.4 cm³/mol. The second-order valence-corrected chi connectivity index (χ2v) is 6.28. The quantitative estimate of drug-likeness (QED) is 0.846. The first-order valence-corrected chi connectivity index (χ1v) is 7.97. The number of carbonyl (C=O) groups is 2. The van der Waals surface area contributed by atoms with Crippen LogP contribution in [0.25, 0.3) is 0 Å². The highest BCUT2D eigenvalue weighted by atomic mass is 16.5. The van der Waals surface area contributed by atoms with Crippen LogP contribution in [0.2, 0.25) is 0 Å². The molecule has 0 aliphatic carbocycles. The third-order valence-corrected chi connectivity index (χ3v) is 4.98. The van der Waals surface area contributed by atoms with Crippen LogP contribution in [0, 0.1) is 11.3 Å². The van der Waals surface area contributed by atoms with Crippen LogP contribution in [0.3, 0.4) is 0 Å². The summed E-state index contributed by atoms with van der Waals surface area (Å²) in [5.74, 6) is 0.185. The van der Waals surface area contributed by atoms with Crippen LogP contribution in [0.15, 0.2) is 18.7 Å². The molecule has 2 saturated heterocycles. The summed E-state index contributed by atoms with van der Waals surface area (Å²) in [6.07, 6.45) is 6.63. The number of rotatable bonds is 4. The summed E-state index contributed by atoms with van der Waals surface area (Å²) >= 11 is 0. The van der Waals surface area contributed by atoms with Crippen molar-refractivity contribution in [1.29, 1.82) is 0 Å². The third-order valence-electron chi connectivity index (χ3n) is 4.98. The van der Waals surface area contributed by atoms with E-state index in [-0.39, 0.29) is 17.7 Å². The minimum atomic E-state index is -0.488. The lowest BCUT2D eigenvalue weighted by Gasteiger charge is -2.36. The molecule has 3 rings (SSSR count). The number of aryl methyl sites for hydroxylation is 1. The van der Waals surface area contributed by atoms with Gasteiger partial charge in [0.15, 0.2) is 0 Å². The van der Waals surface area contributed by atoms with Gasteiger partial charge in [0.2, 0.25) is 11.8 Å². The summed E-state index contributed by atoms with van der Waals surface area (Å²) in [5, 5.41) is 2.77. The number of amides is 2. The van der Waals surface area contributed by atoms with Gasteiger partial charge in [-0.05, 0) is 18.4 Å². The van der Waals surface area contributed by atoms with Gasteiger partial charge < -0.3 is 15.0 Å². The lowest BCUT2D eigenvalue weighted by molar-refractivity contribution is -0.139. The minimum Gasteiger partial charge on any atom is -0.381 e. The molecule has 2 atom stereocenters. The second-order valence-electron chi connectivity index (χ2n) is 6.28. The van der Waals surface area contributed by atoms with Gasteiger partial charge in [-0.1, -0.05) is 0 Å². The first kappa shape index (κ1) is 15.9. The highest BCUT2D eigenvalue weighted by molar-refractivity contribution is 5.85. The Hall–Kier alpha value is -2.02. The van der Waals surface area contributed by atoms with Gasteiger partial charge in [0, 0.05) is 51.5 Å². The van der Waals surface area contributed by atoms with Gasteiger partial charge in [0.05, 0.1) is 12.0 Å². The molecule has 2 amide bonds. The Morgan fingerprint density at radius 2 is 2.22 bits per heavy atom. The van der Waals surface area contributed by atoms with Gasteiger partial charge in [0.1, 0.15) is 6.33 Å². The second kappa shape index (κ2) is 6.62. The van der Waals surface area contributed by atoms with Crippen molar-refractivity contribution in [3.05, 3.63) is 24.3 Å². The molecule has 0 unspecified atom stereocenters. The van der Waals surface area contributed by atoms with E-state index in [2.05, 4.69) is 15.3 Å². The molecule has 2 fully saturated rings. The summed E-state index contributed by atoms with van der Waals surface area (Å²) in [4.78, 5) is 34.7. The number of ether oxygens (including phenoxy) is 1. The average molecular weight is 318 g/mol. The van der Waals surface area contributed by atoms with Gasteiger partial charge in [-0.15, -0.1) is 0 Å². The van der Waals surface area contributed by atoms with E-state index < -0.39 is 5.41 Å². The number of likely N-dealkylation sites (tertiary alicyclic amines) is 1. The Morgan fingerprint density at radius 3 is 2.96 bits per heavy atom. The van der Waals surface area contributed by atoms with Gasteiger partial charge >= 0.3 is 0 Å². The molecule has 7 heteroatoms. The fraction of sp³-hybridized carbons (Fsp3) is 0.625. The number of fused-ring (bicyclic) bond motifs is 1. The molecule has 23 heavy (non-hydrogen) atoms. The van der Waals surface area contributed by atoms with Crippen LogP contribution >= 0.6 is 0 Å². The molecule has 0 saturated carbocycles. The number of hydrogen-bond acceptors (Lipinski definition) is 5. The molecule has 0 spiro atoms. The first-order chi connectivity index (χ1) is 11.2. The zero-order chi connectivity index (χ0) is 16.3. The fourth-order valence-electron chi connectivity index (χ4n) is 3.63.